The minimum atomic E-state index is 0.339. The highest BCUT2D eigenvalue weighted by molar-refractivity contribution is 4.80. The summed E-state index contributed by atoms with van der Waals surface area (Å²) in [6.07, 6.45) is 4.78. The van der Waals surface area contributed by atoms with Gasteiger partial charge in [-0.15, -0.1) is 0 Å². The molecule has 84 valence electrons. The summed E-state index contributed by atoms with van der Waals surface area (Å²) in [4.78, 5) is 4.85. The second kappa shape index (κ2) is 6.38. The van der Waals surface area contributed by atoms with Crippen LogP contribution >= 0.6 is 0 Å². The third-order valence-corrected chi connectivity index (χ3v) is 2.93. The van der Waals surface area contributed by atoms with Gasteiger partial charge in [-0.05, 0) is 52.9 Å². The van der Waals surface area contributed by atoms with Gasteiger partial charge in [-0.25, -0.2) is 0 Å². The van der Waals surface area contributed by atoms with Crippen molar-refractivity contribution < 1.29 is 5.11 Å². The third-order valence-electron chi connectivity index (χ3n) is 2.93. The molecule has 1 aliphatic heterocycles. The molecular weight excluding hydrogens is 176 g/mol. The summed E-state index contributed by atoms with van der Waals surface area (Å²) in [5.41, 5.74) is 0. The topological polar surface area (TPSA) is 26.7 Å². The number of likely N-dealkylation sites (N-methyl/N-ethyl adjacent to an activating group) is 1. The van der Waals surface area contributed by atoms with Gasteiger partial charge < -0.3 is 10.0 Å². The SMILES string of the molecule is CN(C)CC1CCCN1CCCCO. The molecule has 0 aromatic rings. The second-order valence-electron chi connectivity index (χ2n) is 4.52. The maximum Gasteiger partial charge on any atom is 0.0431 e. The van der Waals surface area contributed by atoms with Gasteiger partial charge in [0.05, 0.1) is 0 Å². The van der Waals surface area contributed by atoms with Crippen molar-refractivity contribution in [2.24, 2.45) is 0 Å². The van der Waals surface area contributed by atoms with Crippen molar-refractivity contribution in [1.29, 1.82) is 0 Å². The first-order valence-electron chi connectivity index (χ1n) is 5.73. The monoisotopic (exact) mass is 200 g/mol. The van der Waals surface area contributed by atoms with Crippen LogP contribution in [0, 0.1) is 0 Å². The highest BCUT2D eigenvalue weighted by atomic mass is 16.2. The Labute approximate surface area is 87.7 Å². The molecule has 0 aromatic heterocycles. The molecule has 0 spiro atoms. The molecule has 1 fully saturated rings. The van der Waals surface area contributed by atoms with Gasteiger partial charge in [0.2, 0.25) is 0 Å². The molecule has 1 unspecified atom stereocenters. The summed E-state index contributed by atoms with van der Waals surface area (Å²) in [5, 5.41) is 8.72. The largest absolute Gasteiger partial charge is 0.396 e. The predicted molar refractivity (Wildman–Crippen MR) is 59.5 cm³/mol. The molecule has 1 aliphatic rings. The number of hydrogen-bond acceptors (Lipinski definition) is 3. The van der Waals surface area contributed by atoms with E-state index in [4.69, 9.17) is 5.11 Å². The van der Waals surface area contributed by atoms with Crippen LogP contribution in [-0.2, 0) is 0 Å². The van der Waals surface area contributed by atoms with E-state index in [1.54, 1.807) is 0 Å². The van der Waals surface area contributed by atoms with Crippen molar-refractivity contribution in [1.82, 2.24) is 9.80 Å². The van der Waals surface area contributed by atoms with Gasteiger partial charge in [-0.2, -0.15) is 0 Å². The van der Waals surface area contributed by atoms with Crippen molar-refractivity contribution in [3.63, 3.8) is 0 Å². The van der Waals surface area contributed by atoms with Gasteiger partial charge in [-0.1, -0.05) is 0 Å². The van der Waals surface area contributed by atoms with E-state index in [9.17, 15) is 0 Å². The van der Waals surface area contributed by atoms with Crippen LogP contribution in [0.1, 0.15) is 25.7 Å². The zero-order valence-corrected chi connectivity index (χ0v) is 9.58. The highest BCUT2D eigenvalue weighted by Gasteiger charge is 2.23. The molecule has 1 N–H and O–H groups in total. The fourth-order valence-electron chi connectivity index (χ4n) is 2.24. The summed E-state index contributed by atoms with van der Waals surface area (Å²) >= 11 is 0. The van der Waals surface area contributed by atoms with E-state index < -0.39 is 0 Å². The van der Waals surface area contributed by atoms with Crippen molar-refractivity contribution in [3.8, 4) is 0 Å². The lowest BCUT2D eigenvalue weighted by atomic mass is 10.2. The van der Waals surface area contributed by atoms with Crippen LogP contribution in [0.25, 0.3) is 0 Å². The fraction of sp³-hybridized carbons (Fsp3) is 1.00. The van der Waals surface area contributed by atoms with Crippen LogP contribution in [0.3, 0.4) is 0 Å². The average Bonchev–Trinajstić information content (AvgIpc) is 2.52. The van der Waals surface area contributed by atoms with Crippen molar-refractivity contribution >= 4 is 0 Å². The first kappa shape index (κ1) is 12.0. The van der Waals surface area contributed by atoms with Gasteiger partial charge >= 0.3 is 0 Å². The first-order valence-corrected chi connectivity index (χ1v) is 5.73. The van der Waals surface area contributed by atoms with Crippen molar-refractivity contribution in [2.75, 3.05) is 40.3 Å². The van der Waals surface area contributed by atoms with Gasteiger partial charge in [0.15, 0.2) is 0 Å². The quantitative estimate of drug-likeness (QED) is 0.642. The molecule has 0 saturated carbocycles. The lowest BCUT2D eigenvalue weighted by Gasteiger charge is -2.26. The first-order chi connectivity index (χ1) is 6.74. The number of rotatable bonds is 6. The Kier molecular flexibility index (Phi) is 5.45. The molecule has 3 heteroatoms. The van der Waals surface area contributed by atoms with Crippen LogP contribution in [0.15, 0.2) is 0 Å². The molecule has 1 saturated heterocycles. The van der Waals surface area contributed by atoms with E-state index in [0.717, 1.165) is 18.9 Å². The molecular formula is C11H24N2O. The third kappa shape index (κ3) is 3.95. The summed E-state index contributed by atoms with van der Waals surface area (Å²) in [7, 11) is 4.29. The highest BCUT2D eigenvalue weighted by Crippen LogP contribution is 2.17. The van der Waals surface area contributed by atoms with Crippen LogP contribution in [0.4, 0.5) is 0 Å². The Bertz CT molecular complexity index is 150. The van der Waals surface area contributed by atoms with Crippen LogP contribution in [-0.4, -0.2) is 61.3 Å². The Morgan fingerprint density at radius 3 is 2.79 bits per heavy atom. The fourth-order valence-corrected chi connectivity index (χ4v) is 2.24. The lowest BCUT2D eigenvalue weighted by Crippen LogP contribution is -2.38. The molecule has 3 nitrogen and oxygen atoms in total. The number of unbranched alkanes of at least 4 members (excludes halogenated alkanes) is 1. The van der Waals surface area contributed by atoms with Crippen molar-refractivity contribution in [2.45, 2.75) is 31.7 Å². The number of aliphatic hydroxyl groups is 1. The smallest absolute Gasteiger partial charge is 0.0431 e. The molecule has 14 heavy (non-hydrogen) atoms. The minimum Gasteiger partial charge on any atom is -0.396 e. The number of likely N-dealkylation sites (tertiary alicyclic amines) is 1. The lowest BCUT2D eigenvalue weighted by molar-refractivity contribution is 0.197. The Balaban J connectivity index is 2.21. The summed E-state index contributed by atoms with van der Waals surface area (Å²) < 4.78 is 0. The number of aliphatic hydroxyl groups excluding tert-OH is 1. The molecule has 1 heterocycles. The molecule has 0 amide bonds. The van der Waals surface area contributed by atoms with E-state index in [2.05, 4.69) is 23.9 Å². The standard InChI is InChI=1S/C11H24N2O/c1-12(2)10-11-6-5-8-13(11)7-3-4-9-14/h11,14H,3-10H2,1-2H3. The average molecular weight is 200 g/mol. The van der Waals surface area contributed by atoms with E-state index in [1.807, 2.05) is 0 Å². The van der Waals surface area contributed by atoms with E-state index >= 15 is 0 Å². The predicted octanol–water partition coefficient (Wildman–Crippen LogP) is 0.785. The van der Waals surface area contributed by atoms with Crippen molar-refractivity contribution in [3.05, 3.63) is 0 Å². The van der Waals surface area contributed by atoms with Crippen LogP contribution in [0.2, 0.25) is 0 Å². The minimum absolute atomic E-state index is 0.339. The normalized spacial score (nSPS) is 23.6. The maximum absolute atomic E-state index is 8.72. The Hall–Kier alpha value is -0.120. The Morgan fingerprint density at radius 1 is 1.36 bits per heavy atom. The Morgan fingerprint density at radius 2 is 2.14 bits per heavy atom. The van der Waals surface area contributed by atoms with Crippen LogP contribution in [0.5, 0.6) is 0 Å². The summed E-state index contributed by atoms with van der Waals surface area (Å²) in [6, 6.07) is 0.753. The van der Waals surface area contributed by atoms with E-state index in [0.29, 0.717) is 6.61 Å². The molecule has 0 radical (unpaired) electrons. The van der Waals surface area contributed by atoms with Gasteiger partial charge in [0.1, 0.15) is 0 Å². The molecule has 0 aliphatic carbocycles. The van der Waals surface area contributed by atoms with Gasteiger partial charge in [0, 0.05) is 19.2 Å². The van der Waals surface area contributed by atoms with Gasteiger partial charge in [0.25, 0.3) is 0 Å². The van der Waals surface area contributed by atoms with E-state index in [-0.39, 0.29) is 0 Å². The zero-order valence-electron chi connectivity index (χ0n) is 9.58. The second-order valence-corrected chi connectivity index (χ2v) is 4.52. The van der Waals surface area contributed by atoms with E-state index in [1.165, 1.54) is 32.5 Å². The molecule has 1 atom stereocenters. The van der Waals surface area contributed by atoms with Crippen LogP contribution < -0.4 is 0 Å². The summed E-state index contributed by atoms with van der Waals surface area (Å²) in [5.74, 6) is 0. The van der Waals surface area contributed by atoms with Gasteiger partial charge in [-0.3, -0.25) is 4.90 Å². The number of nitrogens with zero attached hydrogens (tertiary/aromatic N) is 2. The molecule has 1 rings (SSSR count). The summed E-state index contributed by atoms with van der Waals surface area (Å²) in [6.45, 7) is 3.94. The molecule has 0 bridgehead atoms. The maximum atomic E-state index is 8.72. The molecule has 0 aromatic carbocycles. The number of hydrogen-bond donors (Lipinski definition) is 1. The zero-order chi connectivity index (χ0) is 10.4.